The van der Waals surface area contributed by atoms with E-state index in [1.807, 2.05) is 18.2 Å². The van der Waals surface area contributed by atoms with E-state index in [9.17, 15) is 4.79 Å². The number of rotatable bonds is 6. The van der Waals surface area contributed by atoms with Gasteiger partial charge < -0.3 is 15.7 Å². The molecule has 0 unspecified atom stereocenters. The summed E-state index contributed by atoms with van der Waals surface area (Å²) in [5, 5.41) is 14.7. The van der Waals surface area contributed by atoms with Crippen LogP contribution in [0.4, 0.5) is 5.82 Å². The first kappa shape index (κ1) is 16.5. The minimum absolute atomic E-state index is 0.0227. The average Bonchev–Trinajstić information content (AvgIpc) is 2.54. The number of carbonyl (C=O) groups excluding carboxylic acids is 1. The van der Waals surface area contributed by atoms with Gasteiger partial charge in [0, 0.05) is 6.54 Å². The Morgan fingerprint density at radius 2 is 2.00 bits per heavy atom. The van der Waals surface area contributed by atoms with Crippen LogP contribution >= 0.6 is 23.2 Å². The van der Waals surface area contributed by atoms with Gasteiger partial charge in [0.1, 0.15) is 11.1 Å². The molecule has 0 bridgehead atoms. The van der Waals surface area contributed by atoms with E-state index in [0.29, 0.717) is 0 Å². The Labute approximate surface area is 137 Å². The fourth-order valence-corrected chi connectivity index (χ4v) is 2.09. The van der Waals surface area contributed by atoms with Crippen LogP contribution in [0.25, 0.3) is 0 Å². The topological polar surface area (TPSA) is 87.1 Å². The van der Waals surface area contributed by atoms with E-state index >= 15 is 0 Å². The summed E-state index contributed by atoms with van der Waals surface area (Å²) in [6, 6.07) is 8.35. The highest BCUT2D eigenvalue weighted by Crippen LogP contribution is 2.25. The molecule has 0 aliphatic rings. The molecule has 0 saturated heterocycles. The maximum atomic E-state index is 12.3. The summed E-state index contributed by atoms with van der Waals surface area (Å²) in [4.78, 5) is 20.0. The summed E-state index contributed by atoms with van der Waals surface area (Å²) >= 11 is 11.8. The molecule has 2 aromatic rings. The van der Waals surface area contributed by atoms with Crippen LogP contribution in [0.1, 0.15) is 11.6 Å². The van der Waals surface area contributed by atoms with Crippen LogP contribution in [-0.4, -0.2) is 34.1 Å². The maximum Gasteiger partial charge on any atom is 0.247 e. The summed E-state index contributed by atoms with van der Waals surface area (Å²) in [7, 11) is 0. The van der Waals surface area contributed by atoms with E-state index in [-0.39, 0.29) is 35.2 Å². The van der Waals surface area contributed by atoms with Crippen LogP contribution < -0.4 is 10.6 Å². The first-order valence-electron chi connectivity index (χ1n) is 6.50. The van der Waals surface area contributed by atoms with E-state index < -0.39 is 6.04 Å². The van der Waals surface area contributed by atoms with Crippen molar-refractivity contribution >= 4 is 34.9 Å². The molecule has 22 heavy (non-hydrogen) atoms. The predicted octanol–water partition coefficient (Wildman–Crippen LogP) is 2.05. The van der Waals surface area contributed by atoms with Crippen LogP contribution in [0.5, 0.6) is 0 Å². The Kier molecular flexibility index (Phi) is 5.94. The van der Waals surface area contributed by atoms with Crippen LogP contribution in [0.3, 0.4) is 0 Å². The molecule has 0 aliphatic heterocycles. The quantitative estimate of drug-likeness (QED) is 0.700. The van der Waals surface area contributed by atoms with Crippen LogP contribution in [0.2, 0.25) is 10.3 Å². The van der Waals surface area contributed by atoms with Gasteiger partial charge in [-0.05, 0) is 17.2 Å². The minimum atomic E-state index is -0.726. The van der Waals surface area contributed by atoms with Crippen molar-refractivity contribution in [3.05, 3.63) is 52.4 Å². The number of carbonyl (C=O) groups is 1. The van der Waals surface area contributed by atoms with E-state index in [4.69, 9.17) is 28.3 Å². The molecule has 1 amide bonds. The lowest BCUT2D eigenvalue weighted by atomic mass is 10.1. The molecule has 116 valence electrons. The molecule has 1 aromatic carbocycles. The van der Waals surface area contributed by atoms with Crippen molar-refractivity contribution in [3.63, 3.8) is 0 Å². The number of halogens is 2. The van der Waals surface area contributed by atoms with Crippen molar-refractivity contribution in [1.29, 1.82) is 0 Å². The number of hydrogen-bond donors (Lipinski definition) is 3. The van der Waals surface area contributed by atoms with Crippen LogP contribution in [0, 0.1) is 0 Å². The highest BCUT2D eigenvalue weighted by Gasteiger charge is 2.21. The third-order valence-electron chi connectivity index (χ3n) is 2.80. The third kappa shape index (κ3) is 4.30. The SMILES string of the molecule is O=C(NCCO)[C@@H](Nc1nc(Cl)ncc1Cl)c1ccccc1. The first-order chi connectivity index (χ1) is 10.6. The van der Waals surface area contributed by atoms with Crippen molar-refractivity contribution in [2.75, 3.05) is 18.5 Å². The summed E-state index contributed by atoms with van der Waals surface area (Å²) < 4.78 is 0. The van der Waals surface area contributed by atoms with Gasteiger partial charge in [-0.2, -0.15) is 4.98 Å². The standard InChI is InChI=1S/C14H14Cl2N4O2/c15-10-8-18-14(16)20-12(10)19-11(13(22)17-6-7-21)9-4-2-1-3-5-9/h1-5,8,11,21H,6-7H2,(H,17,22)(H,18,19,20)/t11-/m0/s1. The Morgan fingerprint density at radius 1 is 1.27 bits per heavy atom. The molecule has 1 heterocycles. The number of nitrogens with zero attached hydrogens (tertiary/aromatic N) is 2. The summed E-state index contributed by atoms with van der Waals surface area (Å²) in [5.74, 6) is -0.0549. The maximum absolute atomic E-state index is 12.3. The van der Waals surface area contributed by atoms with Crippen molar-refractivity contribution in [2.24, 2.45) is 0 Å². The molecule has 0 aliphatic carbocycles. The molecule has 0 saturated carbocycles. The van der Waals surface area contributed by atoms with E-state index in [1.54, 1.807) is 12.1 Å². The number of aliphatic hydroxyl groups excluding tert-OH is 1. The molecule has 0 radical (unpaired) electrons. The lowest BCUT2D eigenvalue weighted by Crippen LogP contribution is -2.35. The molecular formula is C14H14Cl2N4O2. The highest BCUT2D eigenvalue weighted by molar-refractivity contribution is 6.33. The molecule has 1 aromatic heterocycles. The number of benzene rings is 1. The summed E-state index contributed by atoms with van der Waals surface area (Å²) in [6.45, 7) is 0.00938. The van der Waals surface area contributed by atoms with Crippen LogP contribution in [0.15, 0.2) is 36.5 Å². The Balaban J connectivity index is 2.28. The van der Waals surface area contributed by atoms with Crippen molar-refractivity contribution in [2.45, 2.75) is 6.04 Å². The van der Waals surface area contributed by atoms with Gasteiger partial charge in [0.05, 0.1) is 12.8 Å². The normalized spacial score (nSPS) is 11.8. The lowest BCUT2D eigenvalue weighted by molar-refractivity contribution is -0.122. The summed E-state index contributed by atoms with van der Waals surface area (Å²) in [5.41, 5.74) is 0.726. The molecule has 8 heteroatoms. The second kappa shape index (κ2) is 7.93. The van der Waals surface area contributed by atoms with Gasteiger partial charge in [-0.15, -0.1) is 0 Å². The zero-order chi connectivity index (χ0) is 15.9. The minimum Gasteiger partial charge on any atom is -0.395 e. The van der Waals surface area contributed by atoms with Crippen molar-refractivity contribution < 1.29 is 9.90 Å². The highest BCUT2D eigenvalue weighted by atomic mass is 35.5. The second-order valence-electron chi connectivity index (χ2n) is 4.34. The number of hydrogen-bond acceptors (Lipinski definition) is 5. The van der Waals surface area contributed by atoms with Gasteiger partial charge in [-0.25, -0.2) is 4.98 Å². The summed E-state index contributed by atoms with van der Waals surface area (Å²) in [6.07, 6.45) is 1.35. The number of aromatic nitrogens is 2. The van der Waals surface area contributed by atoms with Gasteiger partial charge in [-0.1, -0.05) is 41.9 Å². The monoisotopic (exact) mass is 340 g/mol. The second-order valence-corrected chi connectivity index (χ2v) is 5.08. The molecule has 2 rings (SSSR count). The fraction of sp³-hybridized carbons (Fsp3) is 0.214. The average molecular weight is 341 g/mol. The van der Waals surface area contributed by atoms with Crippen molar-refractivity contribution in [3.8, 4) is 0 Å². The fourth-order valence-electron chi connectivity index (χ4n) is 1.81. The van der Waals surface area contributed by atoms with E-state index in [1.165, 1.54) is 6.20 Å². The van der Waals surface area contributed by atoms with Crippen LogP contribution in [-0.2, 0) is 4.79 Å². The molecule has 0 spiro atoms. The molecule has 1 atom stereocenters. The smallest absolute Gasteiger partial charge is 0.247 e. The zero-order valence-electron chi connectivity index (χ0n) is 11.5. The lowest BCUT2D eigenvalue weighted by Gasteiger charge is -2.19. The number of nitrogens with one attached hydrogen (secondary N) is 2. The van der Waals surface area contributed by atoms with Gasteiger partial charge in [0.25, 0.3) is 0 Å². The predicted molar refractivity (Wildman–Crippen MR) is 85.0 cm³/mol. The van der Waals surface area contributed by atoms with Gasteiger partial charge in [0.15, 0.2) is 5.82 Å². The van der Waals surface area contributed by atoms with Gasteiger partial charge in [-0.3, -0.25) is 4.79 Å². The zero-order valence-corrected chi connectivity index (χ0v) is 13.0. The Hall–Kier alpha value is -1.89. The largest absolute Gasteiger partial charge is 0.395 e. The Bertz CT molecular complexity index is 640. The molecule has 6 nitrogen and oxygen atoms in total. The Morgan fingerprint density at radius 3 is 2.68 bits per heavy atom. The number of aliphatic hydroxyl groups is 1. The van der Waals surface area contributed by atoms with Crippen molar-refractivity contribution in [1.82, 2.24) is 15.3 Å². The van der Waals surface area contributed by atoms with E-state index in [2.05, 4.69) is 20.6 Å². The molecule has 0 fully saturated rings. The van der Waals surface area contributed by atoms with Gasteiger partial charge >= 0.3 is 0 Å². The van der Waals surface area contributed by atoms with Gasteiger partial charge in [0.2, 0.25) is 11.2 Å². The first-order valence-corrected chi connectivity index (χ1v) is 7.25. The van der Waals surface area contributed by atoms with E-state index in [0.717, 1.165) is 5.56 Å². The molecular weight excluding hydrogens is 327 g/mol. The number of amides is 1. The third-order valence-corrected chi connectivity index (χ3v) is 3.26. The number of anilines is 1. The molecule has 3 N–H and O–H groups in total.